The fourth-order valence-corrected chi connectivity index (χ4v) is 2.79. The van der Waals surface area contributed by atoms with E-state index in [2.05, 4.69) is 28.7 Å². The summed E-state index contributed by atoms with van der Waals surface area (Å²) in [6.07, 6.45) is 3.52. The van der Waals surface area contributed by atoms with Crippen LogP contribution in [0.25, 0.3) is 0 Å². The molecular formula is C20H20FIO2. The second kappa shape index (κ2) is 8.97. The molecule has 0 radical (unpaired) electrons. The third kappa shape index (κ3) is 6.07. The molecule has 0 heterocycles. The first-order valence-corrected chi connectivity index (χ1v) is 8.89. The lowest BCUT2D eigenvalue weighted by molar-refractivity contribution is -0.134. The maximum absolute atomic E-state index is 13.2. The normalized spacial score (nSPS) is 10.3. The molecule has 0 saturated heterocycles. The zero-order valence-electron chi connectivity index (χ0n) is 13.8. The molecule has 0 saturated carbocycles. The van der Waals surface area contributed by atoms with Gasteiger partial charge in [-0.15, -0.1) is 0 Å². The molecule has 2 aromatic carbocycles. The minimum atomic E-state index is -0.307. The van der Waals surface area contributed by atoms with E-state index in [-0.39, 0.29) is 18.2 Å². The number of hydrogen-bond acceptors (Lipinski definition) is 2. The molecule has 0 aromatic heterocycles. The van der Waals surface area contributed by atoms with Crippen LogP contribution in [0.4, 0.5) is 4.39 Å². The number of carbonyl (C=O) groups excluding carboxylic acids is 1. The van der Waals surface area contributed by atoms with Crippen molar-refractivity contribution in [1.82, 2.24) is 0 Å². The molecule has 0 fully saturated rings. The predicted molar refractivity (Wildman–Crippen MR) is 103 cm³/mol. The number of hydrogen-bond donors (Lipinski definition) is 0. The van der Waals surface area contributed by atoms with E-state index in [1.807, 2.05) is 38.1 Å². The van der Waals surface area contributed by atoms with Crippen LogP contribution in [-0.4, -0.2) is 5.97 Å². The lowest BCUT2D eigenvalue weighted by Crippen LogP contribution is -2.10. The van der Waals surface area contributed by atoms with E-state index in [4.69, 9.17) is 4.74 Å². The molecule has 2 rings (SSSR count). The van der Waals surface area contributed by atoms with Gasteiger partial charge in [-0.05, 0) is 90.7 Å². The van der Waals surface area contributed by atoms with Gasteiger partial charge < -0.3 is 4.74 Å². The molecule has 24 heavy (non-hydrogen) atoms. The summed E-state index contributed by atoms with van der Waals surface area (Å²) >= 11 is 2.24. The fraction of sp³-hybridized carbons (Fsp3) is 0.250. The summed E-state index contributed by atoms with van der Waals surface area (Å²) in [6, 6.07) is 12.1. The van der Waals surface area contributed by atoms with E-state index in [0.29, 0.717) is 12.2 Å². The number of benzene rings is 2. The van der Waals surface area contributed by atoms with Gasteiger partial charge in [0.15, 0.2) is 0 Å². The third-order valence-corrected chi connectivity index (χ3v) is 4.15. The van der Waals surface area contributed by atoms with Crippen molar-refractivity contribution >= 4 is 28.6 Å². The topological polar surface area (TPSA) is 26.3 Å². The fourth-order valence-electron chi connectivity index (χ4n) is 2.23. The number of ether oxygens (including phenoxy) is 1. The van der Waals surface area contributed by atoms with E-state index in [1.165, 1.54) is 17.7 Å². The Kier molecular flexibility index (Phi) is 6.97. The van der Waals surface area contributed by atoms with Gasteiger partial charge in [0, 0.05) is 9.99 Å². The highest BCUT2D eigenvalue weighted by Gasteiger charge is 2.10. The average molecular weight is 438 g/mol. The van der Waals surface area contributed by atoms with Crippen molar-refractivity contribution in [2.45, 2.75) is 33.1 Å². The summed E-state index contributed by atoms with van der Waals surface area (Å²) in [6.45, 7) is 4.08. The summed E-state index contributed by atoms with van der Waals surface area (Å²) in [7, 11) is 0. The Labute approximate surface area is 155 Å². The van der Waals surface area contributed by atoms with Gasteiger partial charge in [-0.2, -0.15) is 0 Å². The van der Waals surface area contributed by atoms with Gasteiger partial charge in [-0.1, -0.05) is 23.8 Å². The molecule has 0 amide bonds. The van der Waals surface area contributed by atoms with Gasteiger partial charge in [0.25, 0.3) is 0 Å². The first kappa shape index (κ1) is 18.6. The van der Waals surface area contributed by atoms with E-state index in [1.54, 1.807) is 6.07 Å². The van der Waals surface area contributed by atoms with E-state index >= 15 is 0 Å². The van der Waals surface area contributed by atoms with Crippen molar-refractivity contribution in [2.75, 3.05) is 0 Å². The van der Waals surface area contributed by atoms with Crippen LogP contribution >= 0.6 is 22.6 Å². The summed E-state index contributed by atoms with van der Waals surface area (Å²) < 4.78 is 19.8. The van der Waals surface area contributed by atoms with Crippen LogP contribution in [0.5, 0.6) is 5.75 Å². The number of aryl methyl sites for hydroxylation is 1. The van der Waals surface area contributed by atoms with Gasteiger partial charge in [0.05, 0.1) is 0 Å². The number of halogens is 2. The monoisotopic (exact) mass is 438 g/mol. The van der Waals surface area contributed by atoms with Crippen LogP contribution in [0.3, 0.4) is 0 Å². The Bertz CT molecular complexity index is 749. The first-order valence-electron chi connectivity index (χ1n) is 7.81. The van der Waals surface area contributed by atoms with E-state index in [0.717, 1.165) is 21.1 Å². The van der Waals surface area contributed by atoms with Crippen LogP contribution in [0.2, 0.25) is 0 Å². The van der Waals surface area contributed by atoms with Crippen molar-refractivity contribution in [3.05, 3.63) is 74.6 Å². The standard InChI is InChI=1S/C20H20FIO2/c1-14(2)6-8-16-13-18(22)9-10-19(16)24-20(23)11-7-15-4-3-5-17(21)12-15/h3-6,9-10,12-13H,7-8,11H2,1-2H3. The van der Waals surface area contributed by atoms with Crippen LogP contribution in [0.1, 0.15) is 31.4 Å². The lowest BCUT2D eigenvalue weighted by atomic mass is 10.1. The number of rotatable bonds is 6. The molecule has 126 valence electrons. The highest BCUT2D eigenvalue weighted by molar-refractivity contribution is 14.1. The van der Waals surface area contributed by atoms with Crippen molar-refractivity contribution < 1.29 is 13.9 Å². The van der Waals surface area contributed by atoms with E-state index < -0.39 is 0 Å². The van der Waals surface area contributed by atoms with Gasteiger partial charge in [-0.3, -0.25) is 4.79 Å². The maximum Gasteiger partial charge on any atom is 0.311 e. The summed E-state index contributed by atoms with van der Waals surface area (Å²) in [5, 5.41) is 0. The second-order valence-electron chi connectivity index (χ2n) is 5.84. The number of allylic oxidation sites excluding steroid dienone is 2. The highest BCUT2D eigenvalue weighted by Crippen LogP contribution is 2.23. The SMILES string of the molecule is CC(C)=CCc1cc(I)ccc1OC(=O)CCc1cccc(F)c1. The minimum absolute atomic E-state index is 0.220. The molecule has 0 atom stereocenters. The van der Waals surface area contributed by atoms with Crippen LogP contribution in [0.15, 0.2) is 54.1 Å². The summed E-state index contributed by atoms with van der Waals surface area (Å²) in [4.78, 5) is 12.1. The van der Waals surface area contributed by atoms with Crippen molar-refractivity contribution in [2.24, 2.45) is 0 Å². The third-order valence-electron chi connectivity index (χ3n) is 3.48. The Morgan fingerprint density at radius 1 is 1.21 bits per heavy atom. The predicted octanol–water partition coefficient (Wildman–Crippen LogP) is 5.48. The van der Waals surface area contributed by atoms with Crippen LogP contribution in [0, 0.1) is 9.39 Å². The quantitative estimate of drug-likeness (QED) is 0.259. The number of esters is 1. The molecule has 0 aliphatic rings. The molecule has 0 unspecified atom stereocenters. The zero-order valence-corrected chi connectivity index (χ0v) is 16.0. The maximum atomic E-state index is 13.2. The number of carbonyl (C=O) groups is 1. The molecule has 2 aromatic rings. The van der Waals surface area contributed by atoms with Crippen molar-refractivity contribution in [1.29, 1.82) is 0 Å². The zero-order chi connectivity index (χ0) is 17.5. The van der Waals surface area contributed by atoms with Crippen molar-refractivity contribution in [3.8, 4) is 5.75 Å². The summed E-state index contributed by atoms with van der Waals surface area (Å²) in [5.41, 5.74) is 3.00. The second-order valence-corrected chi connectivity index (χ2v) is 7.09. The van der Waals surface area contributed by atoms with E-state index in [9.17, 15) is 9.18 Å². The summed E-state index contributed by atoms with van der Waals surface area (Å²) in [5.74, 6) is -0.00131. The minimum Gasteiger partial charge on any atom is -0.426 e. The molecule has 2 nitrogen and oxygen atoms in total. The Morgan fingerprint density at radius 3 is 2.71 bits per heavy atom. The Balaban J connectivity index is 2.01. The largest absolute Gasteiger partial charge is 0.426 e. The molecule has 0 spiro atoms. The lowest BCUT2D eigenvalue weighted by Gasteiger charge is -2.10. The highest BCUT2D eigenvalue weighted by atomic mass is 127. The van der Waals surface area contributed by atoms with Crippen LogP contribution in [-0.2, 0) is 17.6 Å². The van der Waals surface area contributed by atoms with Gasteiger partial charge in [0.1, 0.15) is 11.6 Å². The van der Waals surface area contributed by atoms with Gasteiger partial charge in [-0.25, -0.2) is 4.39 Å². The molecule has 0 bridgehead atoms. The van der Waals surface area contributed by atoms with Crippen molar-refractivity contribution in [3.63, 3.8) is 0 Å². The van der Waals surface area contributed by atoms with Gasteiger partial charge in [0.2, 0.25) is 0 Å². The average Bonchev–Trinajstić information content (AvgIpc) is 2.53. The molecule has 0 aliphatic carbocycles. The Hall–Kier alpha value is -1.69. The van der Waals surface area contributed by atoms with Gasteiger partial charge >= 0.3 is 5.97 Å². The molecular weight excluding hydrogens is 418 g/mol. The van der Waals surface area contributed by atoms with Crippen LogP contribution < -0.4 is 4.74 Å². The molecule has 4 heteroatoms. The smallest absolute Gasteiger partial charge is 0.311 e. The molecule has 0 aliphatic heterocycles. The molecule has 0 N–H and O–H groups in total. The Morgan fingerprint density at radius 2 is 2.00 bits per heavy atom. The first-order chi connectivity index (χ1) is 11.4.